The Labute approximate surface area is 124 Å². The summed E-state index contributed by atoms with van der Waals surface area (Å²) in [5.41, 5.74) is 0. The number of carboxylic acids is 1. The second-order valence-electron chi connectivity index (χ2n) is 4.93. The Morgan fingerprint density at radius 3 is 2.10 bits per heavy atom. The van der Waals surface area contributed by atoms with E-state index in [-0.39, 0.29) is 9.79 Å². The third-order valence-corrected chi connectivity index (χ3v) is 5.31. The van der Waals surface area contributed by atoms with Gasteiger partial charge in [0.2, 0.25) is 10.0 Å². The number of hydrogen-bond acceptors (Lipinski definition) is 5. The van der Waals surface area contributed by atoms with E-state index in [0.29, 0.717) is 0 Å². The first-order valence-corrected chi connectivity index (χ1v) is 9.38. The van der Waals surface area contributed by atoms with Gasteiger partial charge in [0.25, 0.3) is 0 Å². The fraction of sp³-hybridized carbons (Fsp3) is 0.417. The van der Waals surface area contributed by atoms with Crippen LogP contribution in [0, 0.1) is 5.92 Å². The van der Waals surface area contributed by atoms with E-state index in [1.54, 1.807) is 13.8 Å². The number of rotatable bonds is 6. The van der Waals surface area contributed by atoms with E-state index >= 15 is 0 Å². The van der Waals surface area contributed by atoms with Gasteiger partial charge in [0.15, 0.2) is 9.84 Å². The van der Waals surface area contributed by atoms with Crippen LogP contribution in [0.1, 0.15) is 13.8 Å². The number of sulfonamides is 1. The minimum Gasteiger partial charge on any atom is -0.480 e. The molecule has 1 aromatic rings. The summed E-state index contributed by atoms with van der Waals surface area (Å²) < 4.78 is 49.3. The number of carboxylic acid groups (broad SMARTS) is 1. The van der Waals surface area contributed by atoms with Gasteiger partial charge in [-0.1, -0.05) is 19.9 Å². The maximum absolute atomic E-state index is 12.2. The van der Waals surface area contributed by atoms with E-state index in [4.69, 9.17) is 5.11 Å². The van der Waals surface area contributed by atoms with Gasteiger partial charge in [0, 0.05) is 6.26 Å². The minimum absolute atomic E-state index is 0.151. The summed E-state index contributed by atoms with van der Waals surface area (Å²) in [5, 5.41) is 9.01. The van der Waals surface area contributed by atoms with Crippen molar-refractivity contribution in [2.75, 3.05) is 6.26 Å². The molecule has 9 heteroatoms. The molecule has 21 heavy (non-hydrogen) atoms. The molecule has 1 rings (SSSR count). The van der Waals surface area contributed by atoms with Gasteiger partial charge in [-0.2, -0.15) is 4.72 Å². The molecule has 2 N–H and O–H groups in total. The Balaban J connectivity index is 3.23. The molecule has 0 bridgehead atoms. The molecule has 0 aromatic heterocycles. The van der Waals surface area contributed by atoms with Crippen LogP contribution in [0.15, 0.2) is 34.1 Å². The summed E-state index contributed by atoms with van der Waals surface area (Å²) in [6.45, 7) is 3.13. The first-order chi connectivity index (χ1) is 9.45. The van der Waals surface area contributed by atoms with Crippen molar-refractivity contribution in [3.8, 4) is 0 Å². The van der Waals surface area contributed by atoms with E-state index in [1.807, 2.05) is 0 Å². The van der Waals surface area contributed by atoms with E-state index in [1.165, 1.54) is 18.2 Å². The van der Waals surface area contributed by atoms with Crippen molar-refractivity contribution >= 4 is 25.8 Å². The lowest BCUT2D eigenvalue weighted by Crippen LogP contribution is -2.44. The zero-order valence-corrected chi connectivity index (χ0v) is 13.4. The van der Waals surface area contributed by atoms with Crippen molar-refractivity contribution < 1.29 is 26.7 Å². The van der Waals surface area contributed by atoms with Crippen LogP contribution in [0.2, 0.25) is 0 Å². The normalized spacial score (nSPS) is 14.1. The van der Waals surface area contributed by atoms with Crippen molar-refractivity contribution in [3.05, 3.63) is 24.3 Å². The lowest BCUT2D eigenvalue weighted by molar-refractivity contribution is -0.140. The first-order valence-electron chi connectivity index (χ1n) is 6.00. The minimum atomic E-state index is -4.13. The summed E-state index contributed by atoms with van der Waals surface area (Å²) in [6.07, 6.45) is 0.959. The number of carbonyl (C=O) groups is 1. The molecule has 0 saturated carbocycles. The van der Waals surface area contributed by atoms with Gasteiger partial charge in [-0.05, 0) is 24.1 Å². The third-order valence-electron chi connectivity index (χ3n) is 2.76. The van der Waals surface area contributed by atoms with Gasteiger partial charge >= 0.3 is 5.97 Å². The molecule has 0 aliphatic heterocycles. The fourth-order valence-corrected chi connectivity index (χ4v) is 3.70. The quantitative estimate of drug-likeness (QED) is 0.780. The van der Waals surface area contributed by atoms with Gasteiger partial charge in [0.05, 0.1) is 9.79 Å². The van der Waals surface area contributed by atoms with Crippen LogP contribution in [0.25, 0.3) is 0 Å². The summed E-state index contributed by atoms with van der Waals surface area (Å²) in [7, 11) is -7.68. The van der Waals surface area contributed by atoms with Crippen LogP contribution < -0.4 is 4.72 Å². The van der Waals surface area contributed by atoms with Gasteiger partial charge < -0.3 is 5.11 Å². The van der Waals surface area contributed by atoms with Crippen molar-refractivity contribution in [2.24, 2.45) is 5.92 Å². The van der Waals surface area contributed by atoms with Crippen molar-refractivity contribution in [1.82, 2.24) is 4.72 Å². The van der Waals surface area contributed by atoms with Crippen molar-refractivity contribution in [3.63, 3.8) is 0 Å². The molecule has 7 nitrogen and oxygen atoms in total. The summed E-state index contributed by atoms with van der Waals surface area (Å²) >= 11 is 0. The second-order valence-corrected chi connectivity index (χ2v) is 8.66. The Kier molecular flexibility index (Phi) is 5.13. The van der Waals surface area contributed by atoms with E-state index in [0.717, 1.165) is 12.3 Å². The Morgan fingerprint density at radius 1 is 1.14 bits per heavy atom. The average molecular weight is 335 g/mol. The van der Waals surface area contributed by atoms with Crippen LogP contribution in [-0.4, -0.2) is 40.2 Å². The predicted molar refractivity (Wildman–Crippen MR) is 76.1 cm³/mol. The molecule has 0 spiro atoms. The molecule has 1 atom stereocenters. The van der Waals surface area contributed by atoms with Gasteiger partial charge in [-0.3, -0.25) is 4.79 Å². The standard InChI is InChI=1S/C12H17NO6S2/c1-8(2)11(12(14)15)13-21(18,19)10-6-4-5-9(7-10)20(3,16)17/h4-8,11,13H,1-3H3,(H,14,15). The lowest BCUT2D eigenvalue weighted by atomic mass is 10.1. The number of nitrogens with one attached hydrogen (secondary N) is 1. The predicted octanol–water partition coefficient (Wildman–Crippen LogP) is 0.478. The highest BCUT2D eigenvalue weighted by molar-refractivity contribution is 7.91. The maximum Gasteiger partial charge on any atom is 0.322 e. The summed E-state index contributed by atoms with van der Waals surface area (Å²) in [5.74, 6) is -1.76. The van der Waals surface area contributed by atoms with Crippen molar-refractivity contribution in [1.29, 1.82) is 0 Å². The molecule has 0 amide bonds. The summed E-state index contributed by atoms with van der Waals surface area (Å²) in [6, 6.07) is 3.46. The molecular formula is C12H17NO6S2. The molecule has 0 aliphatic rings. The molecule has 0 heterocycles. The zero-order chi connectivity index (χ0) is 16.4. The molecule has 1 unspecified atom stereocenters. The number of aliphatic carboxylic acids is 1. The van der Waals surface area contributed by atoms with Crippen LogP contribution >= 0.6 is 0 Å². The Bertz CT molecular complexity index is 737. The monoisotopic (exact) mass is 335 g/mol. The van der Waals surface area contributed by atoms with Gasteiger partial charge in [-0.25, -0.2) is 16.8 Å². The SMILES string of the molecule is CC(C)C(NS(=O)(=O)c1cccc(S(C)(=O)=O)c1)C(=O)O. The zero-order valence-electron chi connectivity index (χ0n) is 11.8. The molecule has 0 aliphatic carbocycles. The van der Waals surface area contributed by atoms with E-state index in [2.05, 4.69) is 4.72 Å². The molecular weight excluding hydrogens is 318 g/mol. The fourth-order valence-electron chi connectivity index (χ4n) is 1.58. The number of sulfone groups is 1. The molecule has 118 valence electrons. The molecule has 0 saturated heterocycles. The maximum atomic E-state index is 12.2. The number of benzene rings is 1. The number of hydrogen-bond donors (Lipinski definition) is 2. The third kappa shape index (κ3) is 4.51. The topological polar surface area (TPSA) is 118 Å². The van der Waals surface area contributed by atoms with Gasteiger partial charge in [0.1, 0.15) is 6.04 Å². The molecule has 1 aromatic carbocycles. The van der Waals surface area contributed by atoms with Crippen LogP contribution in [0.3, 0.4) is 0 Å². The van der Waals surface area contributed by atoms with E-state index in [9.17, 15) is 21.6 Å². The molecule has 0 fully saturated rings. The first kappa shape index (κ1) is 17.6. The van der Waals surface area contributed by atoms with E-state index < -0.39 is 37.8 Å². The highest BCUT2D eigenvalue weighted by atomic mass is 32.2. The average Bonchev–Trinajstić information content (AvgIpc) is 2.34. The Hall–Kier alpha value is -1.45. The smallest absolute Gasteiger partial charge is 0.322 e. The Morgan fingerprint density at radius 2 is 1.67 bits per heavy atom. The summed E-state index contributed by atoms with van der Waals surface area (Å²) in [4.78, 5) is 10.6. The molecule has 0 radical (unpaired) electrons. The van der Waals surface area contributed by atoms with Crippen LogP contribution in [0.4, 0.5) is 0 Å². The van der Waals surface area contributed by atoms with Gasteiger partial charge in [-0.15, -0.1) is 0 Å². The highest BCUT2D eigenvalue weighted by Crippen LogP contribution is 2.17. The lowest BCUT2D eigenvalue weighted by Gasteiger charge is -2.18. The van der Waals surface area contributed by atoms with Crippen molar-refractivity contribution in [2.45, 2.75) is 29.7 Å². The second kappa shape index (κ2) is 6.12. The van der Waals surface area contributed by atoms with Crippen LogP contribution in [0.5, 0.6) is 0 Å². The largest absolute Gasteiger partial charge is 0.480 e. The van der Waals surface area contributed by atoms with Crippen LogP contribution in [-0.2, 0) is 24.7 Å². The highest BCUT2D eigenvalue weighted by Gasteiger charge is 2.28.